The van der Waals surface area contributed by atoms with Crippen LogP contribution in [0.25, 0.3) is 0 Å². The van der Waals surface area contributed by atoms with Crippen molar-refractivity contribution in [3.63, 3.8) is 0 Å². The summed E-state index contributed by atoms with van der Waals surface area (Å²) in [6.45, 7) is 4.63. The predicted octanol–water partition coefficient (Wildman–Crippen LogP) is 2.77. The van der Waals surface area contributed by atoms with Gasteiger partial charge in [-0.05, 0) is 74.2 Å². The Morgan fingerprint density at radius 1 is 1.00 bits per heavy atom. The lowest BCUT2D eigenvalue weighted by molar-refractivity contribution is 0.0398. The number of nitrogens with zero attached hydrogens (tertiary/aromatic N) is 2. The highest BCUT2D eigenvalue weighted by atomic mass is 16.7. The van der Waals surface area contributed by atoms with Crippen LogP contribution in [0, 0.1) is 0 Å². The van der Waals surface area contributed by atoms with Crippen molar-refractivity contribution in [2.24, 2.45) is 0 Å². The number of carbonyl (C=O) groups is 1. The van der Waals surface area contributed by atoms with E-state index >= 15 is 0 Å². The van der Waals surface area contributed by atoms with Crippen molar-refractivity contribution >= 4 is 11.6 Å². The van der Waals surface area contributed by atoms with E-state index in [1.807, 2.05) is 42.5 Å². The molecule has 3 aliphatic rings. The maximum atomic E-state index is 12.6. The SMILES string of the molecule is O=C(NCc1ccc2c(c1)OCO2)c1ccc(N2CCC(N3CCCC(O)C3)CC2)cc1. The van der Waals surface area contributed by atoms with Crippen molar-refractivity contribution in [2.75, 3.05) is 37.9 Å². The maximum absolute atomic E-state index is 12.6. The van der Waals surface area contributed by atoms with Gasteiger partial charge in [0.2, 0.25) is 6.79 Å². The first kappa shape index (κ1) is 21.1. The molecule has 0 saturated carbocycles. The Kier molecular flexibility index (Phi) is 6.19. The number of nitrogens with one attached hydrogen (secondary N) is 1. The maximum Gasteiger partial charge on any atom is 0.251 e. The van der Waals surface area contributed by atoms with Crippen molar-refractivity contribution in [3.8, 4) is 11.5 Å². The molecule has 0 spiro atoms. The number of carbonyl (C=O) groups excluding carboxylic acids is 1. The molecule has 1 atom stereocenters. The van der Waals surface area contributed by atoms with Crippen molar-refractivity contribution in [3.05, 3.63) is 53.6 Å². The van der Waals surface area contributed by atoms with E-state index in [-0.39, 0.29) is 18.8 Å². The van der Waals surface area contributed by atoms with Crippen LogP contribution in [0.1, 0.15) is 41.6 Å². The molecule has 2 saturated heterocycles. The first-order valence-corrected chi connectivity index (χ1v) is 11.6. The fourth-order valence-corrected chi connectivity index (χ4v) is 4.96. The highest BCUT2D eigenvalue weighted by Gasteiger charge is 2.28. The predicted molar refractivity (Wildman–Crippen MR) is 122 cm³/mol. The molecule has 1 unspecified atom stereocenters. The van der Waals surface area contributed by atoms with Crippen LogP contribution in [0.3, 0.4) is 0 Å². The minimum Gasteiger partial charge on any atom is -0.454 e. The lowest BCUT2D eigenvalue weighted by atomic mass is 9.98. The van der Waals surface area contributed by atoms with Crippen LogP contribution >= 0.6 is 0 Å². The Balaban J connectivity index is 1.12. The van der Waals surface area contributed by atoms with Crippen LogP contribution < -0.4 is 19.7 Å². The largest absolute Gasteiger partial charge is 0.454 e. The lowest BCUT2D eigenvalue weighted by Gasteiger charge is -2.42. The summed E-state index contributed by atoms with van der Waals surface area (Å²) in [4.78, 5) is 17.4. The minimum atomic E-state index is -0.162. The smallest absolute Gasteiger partial charge is 0.251 e. The number of aliphatic hydroxyl groups excluding tert-OH is 1. The number of hydrogen-bond acceptors (Lipinski definition) is 6. The highest BCUT2D eigenvalue weighted by molar-refractivity contribution is 5.94. The van der Waals surface area contributed by atoms with E-state index in [2.05, 4.69) is 15.1 Å². The van der Waals surface area contributed by atoms with E-state index < -0.39 is 0 Å². The van der Waals surface area contributed by atoms with E-state index in [0.29, 0.717) is 18.2 Å². The van der Waals surface area contributed by atoms with Gasteiger partial charge in [-0.1, -0.05) is 6.07 Å². The monoisotopic (exact) mass is 437 g/mol. The van der Waals surface area contributed by atoms with Crippen molar-refractivity contribution in [2.45, 2.75) is 44.4 Å². The Morgan fingerprint density at radius 2 is 1.78 bits per heavy atom. The van der Waals surface area contributed by atoms with E-state index in [1.165, 1.54) is 0 Å². The van der Waals surface area contributed by atoms with E-state index in [0.717, 1.165) is 74.6 Å². The van der Waals surface area contributed by atoms with Gasteiger partial charge in [0, 0.05) is 43.5 Å². The van der Waals surface area contributed by atoms with Gasteiger partial charge in [-0.15, -0.1) is 0 Å². The number of piperidine rings is 2. The number of anilines is 1. The van der Waals surface area contributed by atoms with Gasteiger partial charge in [0.05, 0.1) is 6.10 Å². The fourth-order valence-electron chi connectivity index (χ4n) is 4.96. The Bertz CT molecular complexity index is 941. The molecule has 2 aromatic rings. The number of rotatable bonds is 5. The second kappa shape index (κ2) is 9.38. The van der Waals surface area contributed by atoms with Gasteiger partial charge in [-0.25, -0.2) is 0 Å². The number of amides is 1. The van der Waals surface area contributed by atoms with E-state index in [1.54, 1.807) is 0 Å². The molecule has 2 aromatic carbocycles. The molecule has 0 aliphatic carbocycles. The Labute approximate surface area is 188 Å². The summed E-state index contributed by atoms with van der Waals surface area (Å²) >= 11 is 0. The molecule has 7 heteroatoms. The zero-order valence-electron chi connectivity index (χ0n) is 18.3. The van der Waals surface area contributed by atoms with Crippen LogP contribution in [0.4, 0.5) is 5.69 Å². The minimum absolute atomic E-state index is 0.0865. The second-order valence-electron chi connectivity index (χ2n) is 8.93. The average molecular weight is 438 g/mol. The Hall–Kier alpha value is -2.77. The van der Waals surface area contributed by atoms with Gasteiger partial charge in [-0.3, -0.25) is 9.69 Å². The number of fused-ring (bicyclic) bond motifs is 1. The lowest BCUT2D eigenvalue weighted by Crippen LogP contribution is -2.49. The van der Waals surface area contributed by atoms with Crippen LogP contribution in [0.5, 0.6) is 11.5 Å². The summed E-state index contributed by atoms with van der Waals surface area (Å²) in [5, 5.41) is 12.9. The first-order valence-electron chi connectivity index (χ1n) is 11.6. The topological polar surface area (TPSA) is 74.3 Å². The molecular weight excluding hydrogens is 406 g/mol. The molecule has 0 aromatic heterocycles. The molecule has 3 aliphatic heterocycles. The van der Waals surface area contributed by atoms with Gasteiger partial charge >= 0.3 is 0 Å². The molecule has 5 rings (SSSR count). The average Bonchev–Trinajstić information content (AvgIpc) is 3.31. The molecule has 2 fully saturated rings. The second-order valence-corrected chi connectivity index (χ2v) is 8.93. The normalized spacial score (nSPS) is 21.5. The first-order chi connectivity index (χ1) is 15.7. The summed E-state index contributed by atoms with van der Waals surface area (Å²) in [6.07, 6.45) is 4.10. The number of likely N-dealkylation sites (tertiary alicyclic amines) is 1. The van der Waals surface area contributed by atoms with Crippen LogP contribution in [0.2, 0.25) is 0 Å². The standard InChI is InChI=1S/C25H31N3O4/c29-22-2-1-11-28(16-22)21-9-12-27(13-10-21)20-6-4-19(5-7-20)25(30)26-15-18-3-8-23-24(14-18)32-17-31-23/h3-8,14,21-22,29H,1-2,9-13,15-17H2,(H,26,30). The van der Waals surface area contributed by atoms with E-state index in [9.17, 15) is 9.90 Å². The molecule has 1 amide bonds. The molecule has 7 nitrogen and oxygen atoms in total. The van der Waals surface area contributed by atoms with Crippen LogP contribution in [-0.2, 0) is 6.54 Å². The Morgan fingerprint density at radius 3 is 2.56 bits per heavy atom. The highest BCUT2D eigenvalue weighted by Crippen LogP contribution is 2.32. The molecule has 2 N–H and O–H groups in total. The number of hydrogen-bond donors (Lipinski definition) is 2. The quantitative estimate of drug-likeness (QED) is 0.749. The van der Waals surface area contributed by atoms with Gasteiger partial charge in [0.15, 0.2) is 11.5 Å². The summed E-state index contributed by atoms with van der Waals surface area (Å²) in [5.41, 5.74) is 2.80. The van der Waals surface area contributed by atoms with Crippen LogP contribution in [-0.4, -0.2) is 61.0 Å². The third-order valence-corrected chi connectivity index (χ3v) is 6.79. The zero-order valence-corrected chi connectivity index (χ0v) is 18.3. The molecule has 170 valence electrons. The number of benzene rings is 2. The molecule has 32 heavy (non-hydrogen) atoms. The molecule has 3 heterocycles. The summed E-state index contributed by atoms with van der Waals surface area (Å²) < 4.78 is 10.7. The summed E-state index contributed by atoms with van der Waals surface area (Å²) in [7, 11) is 0. The fraction of sp³-hybridized carbons (Fsp3) is 0.480. The van der Waals surface area contributed by atoms with Crippen molar-refractivity contribution in [1.82, 2.24) is 10.2 Å². The number of aliphatic hydroxyl groups is 1. The van der Waals surface area contributed by atoms with E-state index in [4.69, 9.17) is 9.47 Å². The number of β-amino-alcohol motifs (C(OH)–C–C–N with tert-alkyl or cyclic N) is 1. The molecular formula is C25H31N3O4. The summed E-state index contributed by atoms with van der Waals surface area (Å²) in [6, 6.07) is 14.2. The van der Waals surface area contributed by atoms with Crippen molar-refractivity contribution in [1.29, 1.82) is 0 Å². The van der Waals surface area contributed by atoms with Gasteiger partial charge in [-0.2, -0.15) is 0 Å². The molecule has 0 bridgehead atoms. The van der Waals surface area contributed by atoms with Gasteiger partial charge in [0.25, 0.3) is 5.91 Å². The number of ether oxygens (including phenoxy) is 2. The van der Waals surface area contributed by atoms with Gasteiger partial charge in [0.1, 0.15) is 0 Å². The van der Waals surface area contributed by atoms with Crippen LogP contribution in [0.15, 0.2) is 42.5 Å². The third kappa shape index (κ3) is 4.69. The van der Waals surface area contributed by atoms with Crippen molar-refractivity contribution < 1.29 is 19.4 Å². The summed E-state index contributed by atoms with van der Waals surface area (Å²) in [5.74, 6) is 1.38. The van der Waals surface area contributed by atoms with Gasteiger partial charge < -0.3 is 24.8 Å². The zero-order chi connectivity index (χ0) is 21.9. The third-order valence-electron chi connectivity index (χ3n) is 6.79. The molecule has 0 radical (unpaired) electrons.